The Morgan fingerprint density at radius 3 is 2.37 bits per heavy atom. The predicted octanol–water partition coefficient (Wildman–Crippen LogP) is 4.84. The Bertz CT molecular complexity index is 272. The molecule has 0 aromatic heterocycles. The van der Waals surface area contributed by atoms with Crippen LogP contribution in [0.5, 0.6) is 0 Å². The van der Waals surface area contributed by atoms with Crippen molar-refractivity contribution in [2.75, 3.05) is 12.3 Å². The number of hydrogen-bond acceptors (Lipinski definition) is 3. The third kappa shape index (κ3) is 5.37. The fraction of sp³-hybridized carbons (Fsp3) is 0.938. The molecule has 3 heteroatoms. The Balaban J connectivity index is 2.49. The largest absolute Gasteiger partial charge is 0.362 e. The van der Waals surface area contributed by atoms with Gasteiger partial charge in [-0.1, -0.05) is 58.7 Å². The van der Waals surface area contributed by atoms with Crippen LogP contribution in [0.4, 0.5) is 0 Å². The van der Waals surface area contributed by atoms with Crippen LogP contribution in [0, 0.1) is 5.41 Å². The van der Waals surface area contributed by atoms with Gasteiger partial charge >= 0.3 is 0 Å². The van der Waals surface area contributed by atoms with E-state index in [1.165, 1.54) is 55.9 Å². The normalized spacial score (nSPS) is 19.9. The Morgan fingerprint density at radius 1 is 1.16 bits per heavy atom. The number of rotatable bonds is 8. The van der Waals surface area contributed by atoms with E-state index in [0.717, 1.165) is 6.54 Å². The van der Waals surface area contributed by atoms with Gasteiger partial charge in [-0.3, -0.25) is 4.99 Å². The standard InChI is InChI=1S/C16H32N2S/c1-5-9-11-14(10-6-2)18-15-17-12-16(7-3,8-4)13-19-15/h14H,5-13H2,1-4H3,(H,17,18). The van der Waals surface area contributed by atoms with E-state index in [9.17, 15) is 0 Å². The number of unbranched alkanes of at least 4 members (excludes halogenated alkanes) is 1. The van der Waals surface area contributed by atoms with Crippen LogP contribution >= 0.6 is 11.8 Å². The zero-order chi connectivity index (χ0) is 14.1. The van der Waals surface area contributed by atoms with Crippen LogP contribution in [0.15, 0.2) is 4.99 Å². The molecule has 0 saturated heterocycles. The summed E-state index contributed by atoms with van der Waals surface area (Å²) < 4.78 is 0. The molecular formula is C16H32N2S. The number of nitrogens with one attached hydrogen (secondary N) is 1. The summed E-state index contributed by atoms with van der Waals surface area (Å²) in [5.74, 6) is 1.23. The summed E-state index contributed by atoms with van der Waals surface area (Å²) in [5, 5.41) is 4.89. The first-order valence-electron chi connectivity index (χ1n) is 8.13. The van der Waals surface area contributed by atoms with Crippen LogP contribution in [0.25, 0.3) is 0 Å². The monoisotopic (exact) mass is 284 g/mol. The molecule has 1 unspecified atom stereocenters. The highest BCUT2D eigenvalue weighted by Gasteiger charge is 2.30. The van der Waals surface area contributed by atoms with Gasteiger partial charge in [0.2, 0.25) is 0 Å². The van der Waals surface area contributed by atoms with Crippen molar-refractivity contribution in [3.05, 3.63) is 0 Å². The maximum Gasteiger partial charge on any atom is 0.156 e. The van der Waals surface area contributed by atoms with E-state index < -0.39 is 0 Å². The van der Waals surface area contributed by atoms with Gasteiger partial charge in [-0.05, 0) is 31.1 Å². The summed E-state index contributed by atoms with van der Waals surface area (Å²) >= 11 is 1.95. The van der Waals surface area contributed by atoms with Crippen LogP contribution in [0.2, 0.25) is 0 Å². The van der Waals surface area contributed by atoms with Gasteiger partial charge in [0.15, 0.2) is 5.17 Å². The number of amidine groups is 1. The second kappa shape index (κ2) is 8.89. The van der Waals surface area contributed by atoms with Crippen molar-refractivity contribution >= 4 is 16.9 Å². The minimum atomic E-state index is 0.458. The second-order valence-electron chi connectivity index (χ2n) is 5.89. The average molecular weight is 285 g/mol. The van der Waals surface area contributed by atoms with E-state index in [1.54, 1.807) is 0 Å². The Hall–Kier alpha value is -0.180. The van der Waals surface area contributed by atoms with E-state index in [2.05, 4.69) is 33.0 Å². The highest BCUT2D eigenvalue weighted by molar-refractivity contribution is 8.13. The molecule has 0 saturated carbocycles. The molecule has 1 aliphatic rings. The van der Waals surface area contributed by atoms with Crippen molar-refractivity contribution in [1.82, 2.24) is 5.32 Å². The molecule has 0 fully saturated rings. The SMILES string of the molecule is CCCCC(CCC)NC1=NCC(CC)(CC)CS1. The van der Waals surface area contributed by atoms with Crippen LogP contribution in [0.3, 0.4) is 0 Å². The van der Waals surface area contributed by atoms with Crippen molar-refractivity contribution in [3.8, 4) is 0 Å². The minimum absolute atomic E-state index is 0.458. The topological polar surface area (TPSA) is 24.4 Å². The molecule has 1 rings (SSSR count). The predicted molar refractivity (Wildman–Crippen MR) is 89.1 cm³/mol. The van der Waals surface area contributed by atoms with E-state index in [0.29, 0.717) is 11.5 Å². The molecule has 19 heavy (non-hydrogen) atoms. The quantitative estimate of drug-likeness (QED) is 0.689. The molecule has 1 N–H and O–H groups in total. The first-order chi connectivity index (χ1) is 9.19. The summed E-state index contributed by atoms with van der Waals surface area (Å²) in [6, 6.07) is 0.631. The summed E-state index contributed by atoms with van der Waals surface area (Å²) in [5.41, 5.74) is 0.458. The molecule has 2 nitrogen and oxygen atoms in total. The molecule has 0 amide bonds. The summed E-state index contributed by atoms with van der Waals surface area (Å²) in [7, 11) is 0. The zero-order valence-corrected chi connectivity index (χ0v) is 14.1. The lowest BCUT2D eigenvalue weighted by Crippen LogP contribution is -2.39. The zero-order valence-electron chi connectivity index (χ0n) is 13.3. The van der Waals surface area contributed by atoms with Crippen LogP contribution in [0.1, 0.15) is 72.6 Å². The molecule has 1 aliphatic heterocycles. The smallest absolute Gasteiger partial charge is 0.156 e. The van der Waals surface area contributed by atoms with Gasteiger partial charge in [0, 0.05) is 18.3 Å². The molecule has 0 aliphatic carbocycles. The Morgan fingerprint density at radius 2 is 1.89 bits per heavy atom. The highest BCUT2D eigenvalue weighted by Crippen LogP contribution is 2.34. The van der Waals surface area contributed by atoms with Gasteiger partial charge in [0.1, 0.15) is 0 Å². The van der Waals surface area contributed by atoms with Gasteiger partial charge in [0.25, 0.3) is 0 Å². The van der Waals surface area contributed by atoms with Gasteiger partial charge in [0.05, 0.1) is 0 Å². The third-order valence-corrected chi connectivity index (χ3v) is 5.72. The van der Waals surface area contributed by atoms with E-state index in [-0.39, 0.29) is 0 Å². The Kier molecular flexibility index (Phi) is 7.89. The van der Waals surface area contributed by atoms with Crippen molar-refractivity contribution in [1.29, 1.82) is 0 Å². The molecule has 1 heterocycles. The van der Waals surface area contributed by atoms with E-state index in [4.69, 9.17) is 4.99 Å². The van der Waals surface area contributed by atoms with E-state index in [1.807, 2.05) is 11.8 Å². The molecular weight excluding hydrogens is 252 g/mol. The lowest BCUT2D eigenvalue weighted by atomic mass is 9.84. The molecule has 0 bridgehead atoms. The van der Waals surface area contributed by atoms with Gasteiger partial charge in [-0.25, -0.2) is 0 Å². The summed E-state index contributed by atoms with van der Waals surface area (Å²) in [6.45, 7) is 10.2. The van der Waals surface area contributed by atoms with Crippen LogP contribution in [-0.4, -0.2) is 23.5 Å². The first-order valence-corrected chi connectivity index (χ1v) is 9.12. The molecule has 1 atom stereocenters. The molecule has 0 spiro atoms. The maximum atomic E-state index is 4.82. The Labute approximate surface area is 124 Å². The number of aliphatic imine (C=N–C) groups is 1. The third-order valence-electron chi connectivity index (χ3n) is 4.44. The molecule has 0 radical (unpaired) electrons. The summed E-state index contributed by atoms with van der Waals surface area (Å²) in [4.78, 5) is 4.82. The maximum absolute atomic E-state index is 4.82. The van der Waals surface area contributed by atoms with Gasteiger partial charge < -0.3 is 5.32 Å². The molecule has 112 valence electrons. The lowest BCUT2D eigenvalue weighted by Gasteiger charge is -2.34. The van der Waals surface area contributed by atoms with E-state index >= 15 is 0 Å². The number of nitrogens with zero attached hydrogens (tertiary/aromatic N) is 1. The van der Waals surface area contributed by atoms with Crippen molar-refractivity contribution in [3.63, 3.8) is 0 Å². The van der Waals surface area contributed by atoms with Crippen molar-refractivity contribution in [2.24, 2.45) is 10.4 Å². The second-order valence-corrected chi connectivity index (χ2v) is 6.85. The van der Waals surface area contributed by atoms with Gasteiger partial charge in [-0.2, -0.15) is 0 Å². The fourth-order valence-corrected chi connectivity index (χ4v) is 3.93. The number of thioether (sulfide) groups is 1. The first kappa shape index (κ1) is 16.9. The van der Waals surface area contributed by atoms with Crippen LogP contribution in [-0.2, 0) is 0 Å². The minimum Gasteiger partial charge on any atom is -0.362 e. The van der Waals surface area contributed by atoms with Crippen LogP contribution < -0.4 is 5.32 Å². The number of hydrogen-bond donors (Lipinski definition) is 1. The summed E-state index contributed by atoms with van der Waals surface area (Å²) in [6.07, 6.45) is 8.93. The molecule has 0 aromatic carbocycles. The lowest BCUT2D eigenvalue weighted by molar-refractivity contribution is 0.317. The molecule has 0 aromatic rings. The van der Waals surface area contributed by atoms with Gasteiger partial charge in [-0.15, -0.1) is 0 Å². The highest BCUT2D eigenvalue weighted by atomic mass is 32.2. The fourth-order valence-electron chi connectivity index (χ4n) is 2.58. The van der Waals surface area contributed by atoms with Crippen molar-refractivity contribution in [2.45, 2.75) is 78.7 Å². The average Bonchev–Trinajstić information content (AvgIpc) is 2.46. The van der Waals surface area contributed by atoms with Crippen molar-refractivity contribution < 1.29 is 0 Å².